The summed E-state index contributed by atoms with van der Waals surface area (Å²) in [6, 6.07) is 11.3. The van der Waals surface area contributed by atoms with E-state index in [0.29, 0.717) is 5.56 Å². The summed E-state index contributed by atoms with van der Waals surface area (Å²) in [4.78, 5) is 3.80. The normalized spacial score (nSPS) is 13.9. The highest BCUT2D eigenvalue weighted by Crippen LogP contribution is 2.32. The fourth-order valence-corrected chi connectivity index (χ4v) is 2.35. The zero-order chi connectivity index (χ0) is 14.4. The number of nitrogens with one attached hydrogen (secondary N) is 1. The van der Waals surface area contributed by atoms with Gasteiger partial charge in [0, 0.05) is 18.9 Å². The lowest BCUT2D eigenvalue weighted by molar-refractivity contribution is 0.0669. The predicted octanol–water partition coefficient (Wildman–Crippen LogP) is 3.26. The van der Waals surface area contributed by atoms with Gasteiger partial charge in [-0.25, -0.2) is 4.39 Å². The summed E-state index contributed by atoms with van der Waals surface area (Å²) in [5, 5.41) is 3.30. The Kier molecular flexibility index (Phi) is 5.21. The number of aromatic nitrogens is 1. The summed E-state index contributed by atoms with van der Waals surface area (Å²) in [6.07, 6.45) is 2.57. The molecule has 0 aliphatic rings. The highest BCUT2D eigenvalue weighted by Gasteiger charge is 2.26. The van der Waals surface area contributed by atoms with E-state index in [1.165, 1.54) is 6.20 Å². The van der Waals surface area contributed by atoms with Crippen LogP contribution in [0.4, 0.5) is 4.39 Å². The van der Waals surface area contributed by atoms with Crippen molar-refractivity contribution < 1.29 is 9.13 Å². The molecule has 2 aromatic rings. The molecule has 4 heteroatoms. The Hall–Kier alpha value is -1.78. The van der Waals surface area contributed by atoms with Crippen molar-refractivity contribution in [3.63, 3.8) is 0 Å². The lowest BCUT2D eigenvalue weighted by Gasteiger charge is -2.27. The van der Waals surface area contributed by atoms with E-state index < -0.39 is 0 Å². The van der Waals surface area contributed by atoms with Crippen molar-refractivity contribution in [3.8, 4) is 0 Å². The fourth-order valence-electron chi connectivity index (χ4n) is 2.35. The molecule has 1 aromatic carbocycles. The van der Waals surface area contributed by atoms with Crippen LogP contribution in [0.5, 0.6) is 0 Å². The first-order chi connectivity index (χ1) is 9.77. The van der Waals surface area contributed by atoms with Gasteiger partial charge >= 0.3 is 0 Å². The Morgan fingerprint density at radius 3 is 2.60 bits per heavy atom. The third-order valence-corrected chi connectivity index (χ3v) is 3.25. The van der Waals surface area contributed by atoms with E-state index in [1.807, 2.05) is 37.3 Å². The highest BCUT2D eigenvalue weighted by atomic mass is 19.1. The number of methoxy groups -OCH3 is 1. The van der Waals surface area contributed by atoms with Gasteiger partial charge in [0.15, 0.2) is 0 Å². The van der Waals surface area contributed by atoms with Crippen molar-refractivity contribution in [2.24, 2.45) is 0 Å². The molecule has 0 saturated heterocycles. The third kappa shape index (κ3) is 3.21. The van der Waals surface area contributed by atoms with Crippen LogP contribution in [0.2, 0.25) is 0 Å². The molecule has 2 atom stereocenters. The fraction of sp³-hybridized carbons (Fsp3) is 0.312. The van der Waals surface area contributed by atoms with Crippen molar-refractivity contribution in [1.29, 1.82) is 0 Å². The number of halogens is 1. The zero-order valence-corrected chi connectivity index (χ0v) is 11.7. The topological polar surface area (TPSA) is 34.2 Å². The second-order valence-corrected chi connectivity index (χ2v) is 4.50. The summed E-state index contributed by atoms with van der Waals surface area (Å²) in [7, 11) is 1.64. The van der Waals surface area contributed by atoms with Gasteiger partial charge in [-0.15, -0.1) is 0 Å². The number of ether oxygens (including phenoxy) is 1. The van der Waals surface area contributed by atoms with Gasteiger partial charge in [-0.05, 0) is 18.2 Å². The first kappa shape index (κ1) is 14.6. The van der Waals surface area contributed by atoms with E-state index in [1.54, 1.807) is 19.4 Å². The minimum absolute atomic E-state index is 0.254. The first-order valence-electron chi connectivity index (χ1n) is 6.68. The molecule has 1 heterocycles. The molecule has 0 aliphatic carbocycles. The van der Waals surface area contributed by atoms with Crippen LogP contribution in [0, 0.1) is 5.82 Å². The maximum absolute atomic E-state index is 14.0. The van der Waals surface area contributed by atoms with Crippen molar-refractivity contribution in [2.75, 3.05) is 13.7 Å². The van der Waals surface area contributed by atoms with Gasteiger partial charge in [-0.3, -0.25) is 4.98 Å². The van der Waals surface area contributed by atoms with Crippen LogP contribution < -0.4 is 5.32 Å². The van der Waals surface area contributed by atoms with E-state index in [4.69, 9.17) is 4.74 Å². The van der Waals surface area contributed by atoms with Gasteiger partial charge in [0.2, 0.25) is 0 Å². The lowest BCUT2D eigenvalue weighted by Crippen LogP contribution is -2.29. The number of nitrogens with zero attached hydrogens (tertiary/aromatic N) is 1. The van der Waals surface area contributed by atoms with Crippen molar-refractivity contribution >= 4 is 0 Å². The van der Waals surface area contributed by atoms with E-state index in [2.05, 4.69) is 10.3 Å². The molecule has 20 heavy (non-hydrogen) atoms. The van der Waals surface area contributed by atoms with Gasteiger partial charge in [0.05, 0.1) is 12.2 Å². The predicted molar refractivity (Wildman–Crippen MR) is 76.8 cm³/mol. The molecule has 0 radical (unpaired) electrons. The molecule has 2 unspecified atom stereocenters. The van der Waals surface area contributed by atoms with Gasteiger partial charge in [-0.2, -0.15) is 0 Å². The minimum atomic E-state index is -0.323. The van der Waals surface area contributed by atoms with Crippen molar-refractivity contribution in [1.82, 2.24) is 10.3 Å². The number of hydrogen-bond donors (Lipinski definition) is 1. The molecule has 0 spiro atoms. The molecule has 0 fully saturated rings. The van der Waals surface area contributed by atoms with Gasteiger partial charge < -0.3 is 10.1 Å². The van der Waals surface area contributed by atoms with E-state index in [9.17, 15) is 4.39 Å². The Bertz CT molecular complexity index is 533. The number of likely N-dealkylation sites (N-methyl/N-ethyl adjacent to an activating group) is 1. The van der Waals surface area contributed by atoms with Gasteiger partial charge in [0.25, 0.3) is 0 Å². The average molecular weight is 274 g/mol. The molecular formula is C16H19FN2O. The molecule has 1 aromatic heterocycles. The van der Waals surface area contributed by atoms with Crippen LogP contribution in [0.25, 0.3) is 0 Å². The number of benzene rings is 1. The maximum atomic E-state index is 14.0. The molecule has 1 N–H and O–H groups in total. The van der Waals surface area contributed by atoms with Crippen molar-refractivity contribution in [2.45, 2.75) is 19.1 Å². The second-order valence-electron chi connectivity index (χ2n) is 4.50. The maximum Gasteiger partial charge on any atom is 0.146 e. The summed E-state index contributed by atoms with van der Waals surface area (Å²) in [6.45, 7) is 2.71. The summed E-state index contributed by atoms with van der Waals surface area (Å²) in [5.41, 5.74) is 1.58. The van der Waals surface area contributed by atoms with Crippen LogP contribution in [0.1, 0.15) is 30.2 Å². The van der Waals surface area contributed by atoms with Crippen LogP contribution in [-0.4, -0.2) is 18.6 Å². The summed E-state index contributed by atoms with van der Waals surface area (Å²) < 4.78 is 19.6. The van der Waals surface area contributed by atoms with Crippen molar-refractivity contribution in [3.05, 3.63) is 65.7 Å². The van der Waals surface area contributed by atoms with Gasteiger partial charge in [-0.1, -0.05) is 37.3 Å². The summed E-state index contributed by atoms with van der Waals surface area (Å²) >= 11 is 0. The Morgan fingerprint density at radius 2 is 2.00 bits per heavy atom. The van der Waals surface area contributed by atoms with E-state index in [0.717, 1.165) is 12.1 Å². The number of pyridine rings is 1. The van der Waals surface area contributed by atoms with E-state index in [-0.39, 0.29) is 18.0 Å². The quantitative estimate of drug-likeness (QED) is 0.878. The van der Waals surface area contributed by atoms with Crippen LogP contribution in [-0.2, 0) is 4.74 Å². The minimum Gasteiger partial charge on any atom is -0.375 e. The average Bonchev–Trinajstić information content (AvgIpc) is 2.49. The molecule has 2 rings (SSSR count). The molecule has 0 amide bonds. The van der Waals surface area contributed by atoms with Crippen LogP contribution in [0.3, 0.4) is 0 Å². The molecule has 0 aliphatic heterocycles. The van der Waals surface area contributed by atoms with Crippen LogP contribution >= 0.6 is 0 Å². The number of hydrogen-bond acceptors (Lipinski definition) is 3. The van der Waals surface area contributed by atoms with Gasteiger partial charge in [0.1, 0.15) is 11.9 Å². The first-order valence-corrected chi connectivity index (χ1v) is 6.68. The Balaban J connectivity index is 2.39. The molecule has 0 bridgehead atoms. The molecule has 106 valence electrons. The van der Waals surface area contributed by atoms with E-state index >= 15 is 0 Å². The molecule has 0 saturated carbocycles. The zero-order valence-electron chi connectivity index (χ0n) is 11.7. The Labute approximate surface area is 118 Å². The van der Waals surface area contributed by atoms with Crippen LogP contribution in [0.15, 0.2) is 48.8 Å². The largest absolute Gasteiger partial charge is 0.375 e. The Morgan fingerprint density at radius 1 is 1.25 bits per heavy atom. The number of rotatable bonds is 6. The summed E-state index contributed by atoms with van der Waals surface area (Å²) in [5.74, 6) is -0.323. The highest BCUT2D eigenvalue weighted by molar-refractivity contribution is 5.26. The molecule has 3 nitrogen and oxygen atoms in total. The third-order valence-electron chi connectivity index (χ3n) is 3.25. The standard InChI is InChI=1S/C16H19FN2O/c1-3-19-15(13-9-10-18-11-14(13)17)16(20-2)12-7-5-4-6-8-12/h4-11,15-16,19H,3H2,1-2H3. The smallest absolute Gasteiger partial charge is 0.146 e. The SMILES string of the molecule is CCNC(c1ccncc1F)C(OC)c1ccccc1. The second kappa shape index (κ2) is 7.12. The monoisotopic (exact) mass is 274 g/mol. The lowest BCUT2D eigenvalue weighted by atomic mass is 9.96. The molecular weight excluding hydrogens is 255 g/mol.